The molecule has 0 heterocycles. The fraction of sp³-hybridized carbons (Fsp3) is 1.00. The zero-order chi connectivity index (χ0) is 7.82. The third kappa shape index (κ3) is 4.69. The molecule has 4 nitrogen and oxygen atoms in total. The van der Waals surface area contributed by atoms with Crippen LogP contribution < -0.4 is 5.73 Å². The van der Waals surface area contributed by atoms with Crippen LogP contribution in [0.3, 0.4) is 0 Å². The Morgan fingerprint density at radius 2 is 1.90 bits per heavy atom. The maximum atomic E-state index is 8.51. The van der Waals surface area contributed by atoms with Crippen LogP contribution in [0.2, 0.25) is 0 Å². The monoisotopic (exact) mass is 149 g/mol. The van der Waals surface area contributed by atoms with E-state index in [1.807, 2.05) is 0 Å². The van der Waals surface area contributed by atoms with Crippen molar-refractivity contribution in [2.45, 2.75) is 12.5 Å². The minimum Gasteiger partial charge on any atom is -0.394 e. The molecule has 0 fully saturated rings. The summed E-state index contributed by atoms with van der Waals surface area (Å²) in [6.07, 6.45) is 0.322. The normalized spacial score (nSPS) is 10.8. The molecule has 4 heteroatoms. The molecular weight excluding hydrogens is 134 g/mol. The summed E-state index contributed by atoms with van der Waals surface area (Å²) in [7, 11) is 0. The van der Waals surface area contributed by atoms with Crippen LogP contribution in [0.1, 0.15) is 6.42 Å². The van der Waals surface area contributed by atoms with Gasteiger partial charge < -0.3 is 20.7 Å². The first-order chi connectivity index (χ1) is 4.85. The topological polar surface area (TPSA) is 75.7 Å². The molecule has 0 aromatic carbocycles. The molecule has 62 valence electrons. The maximum Gasteiger partial charge on any atom is 0.104 e. The van der Waals surface area contributed by atoms with Gasteiger partial charge in [-0.25, -0.2) is 0 Å². The van der Waals surface area contributed by atoms with E-state index in [4.69, 9.17) is 20.7 Å². The third-order valence-corrected chi connectivity index (χ3v) is 1.11. The van der Waals surface area contributed by atoms with Crippen molar-refractivity contribution in [1.29, 1.82) is 0 Å². The van der Waals surface area contributed by atoms with E-state index in [1.54, 1.807) is 0 Å². The van der Waals surface area contributed by atoms with Gasteiger partial charge in [0.15, 0.2) is 0 Å². The van der Waals surface area contributed by atoms with E-state index < -0.39 is 6.10 Å². The molecule has 0 amide bonds. The van der Waals surface area contributed by atoms with E-state index in [0.29, 0.717) is 13.2 Å². The number of hydrogen-bond acceptors (Lipinski definition) is 4. The third-order valence-electron chi connectivity index (χ3n) is 1.11. The molecule has 0 radical (unpaired) electrons. The molecule has 0 unspecified atom stereocenters. The van der Waals surface area contributed by atoms with E-state index in [0.717, 1.165) is 6.42 Å². The van der Waals surface area contributed by atoms with E-state index >= 15 is 0 Å². The summed E-state index contributed by atoms with van der Waals surface area (Å²) in [6, 6.07) is 0. The van der Waals surface area contributed by atoms with Gasteiger partial charge in [0.2, 0.25) is 0 Å². The van der Waals surface area contributed by atoms with Crippen LogP contribution >= 0.6 is 0 Å². The minimum atomic E-state index is -0.438. The lowest BCUT2D eigenvalue weighted by atomic mass is 10.4. The van der Waals surface area contributed by atoms with Crippen LogP contribution in [-0.4, -0.2) is 42.7 Å². The molecule has 0 bridgehead atoms. The lowest BCUT2D eigenvalue weighted by molar-refractivity contribution is -0.0197. The molecule has 0 aromatic heterocycles. The number of hydrogen-bond donors (Lipinski definition) is 3. The molecular formula is C6H15NO3. The van der Waals surface area contributed by atoms with Crippen LogP contribution in [0.25, 0.3) is 0 Å². The summed E-state index contributed by atoms with van der Waals surface area (Å²) >= 11 is 0. The fourth-order valence-electron chi connectivity index (χ4n) is 0.496. The Kier molecular flexibility index (Phi) is 6.84. The quantitative estimate of drug-likeness (QED) is 0.410. The molecule has 0 atom stereocenters. The highest BCUT2D eigenvalue weighted by Crippen LogP contribution is 1.89. The predicted octanol–water partition coefficient (Wildman–Crippen LogP) is -1.30. The van der Waals surface area contributed by atoms with Gasteiger partial charge in [-0.3, -0.25) is 0 Å². The van der Waals surface area contributed by atoms with Gasteiger partial charge in [-0.05, 0) is 13.0 Å². The smallest absolute Gasteiger partial charge is 0.104 e. The van der Waals surface area contributed by atoms with E-state index in [-0.39, 0.29) is 13.2 Å². The van der Waals surface area contributed by atoms with Crippen molar-refractivity contribution < 1.29 is 14.9 Å². The zero-order valence-electron chi connectivity index (χ0n) is 5.99. The van der Waals surface area contributed by atoms with Crippen molar-refractivity contribution in [3.8, 4) is 0 Å². The highest BCUT2D eigenvalue weighted by molar-refractivity contribution is 4.51. The van der Waals surface area contributed by atoms with Gasteiger partial charge in [0.05, 0.1) is 13.2 Å². The Labute approximate surface area is 60.6 Å². The molecule has 0 saturated carbocycles. The summed E-state index contributed by atoms with van der Waals surface area (Å²) in [5.41, 5.74) is 5.19. The van der Waals surface area contributed by atoms with Crippen molar-refractivity contribution in [3.05, 3.63) is 0 Å². The first-order valence-corrected chi connectivity index (χ1v) is 3.38. The van der Waals surface area contributed by atoms with Gasteiger partial charge in [0.25, 0.3) is 0 Å². The summed E-state index contributed by atoms with van der Waals surface area (Å²) in [5, 5.41) is 17.0. The predicted molar refractivity (Wildman–Crippen MR) is 37.6 cm³/mol. The van der Waals surface area contributed by atoms with Crippen molar-refractivity contribution in [2.75, 3.05) is 26.4 Å². The average molecular weight is 149 g/mol. The Morgan fingerprint density at radius 3 is 2.30 bits per heavy atom. The molecule has 0 aromatic rings. The van der Waals surface area contributed by atoms with Crippen molar-refractivity contribution in [3.63, 3.8) is 0 Å². The molecule has 4 N–H and O–H groups in total. The molecule has 10 heavy (non-hydrogen) atoms. The molecule has 0 spiro atoms. The van der Waals surface area contributed by atoms with E-state index in [1.165, 1.54) is 0 Å². The van der Waals surface area contributed by atoms with Crippen molar-refractivity contribution in [1.82, 2.24) is 0 Å². The molecule has 0 aliphatic rings. The van der Waals surface area contributed by atoms with Gasteiger partial charge in [-0.1, -0.05) is 0 Å². The number of aliphatic hydroxyl groups is 2. The summed E-state index contributed by atoms with van der Waals surface area (Å²) in [4.78, 5) is 0. The second kappa shape index (κ2) is 6.95. The Morgan fingerprint density at radius 1 is 1.30 bits per heavy atom. The maximum absolute atomic E-state index is 8.51. The molecule has 0 aliphatic heterocycles. The Bertz CT molecular complexity index is 66.0. The zero-order valence-corrected chi connectivity index (χ0v) is 5.99. The van der Waals surface area contributed by atoms with Crippen molar-refractivity contribution in [2.24, 2.45) is 5.73 Å². The highest BCUT2D eigenvalue weighted by atomic mass is 16.5. The first kappa shape index (κ1) is 9.84. The lowest BCUT2D eigenvalue weighted by Gasteiger charge is -2.11. The highest BCUT2D eigenvalue weighted by Gasteiger charge is 2.03. The number of nitrogens with two attached hydrogens (primary N) is 1. The number of ether oxygens (including phenoxy) is 1. The number of rotatable bonds is 6. The Balaban J connectivity index is 3.09. The summed E-state index contributed by atoms with van der Waals surface area (Å²) in [5.74, 6) is 0. The Hall–Kier alpha value is -0.160. The van der Waals surface area contributed by atoms with Gasteiger partial charge >= 0.3 is 0 Å². The van der Waals surface area contributed by atoms with Gasteiger partial charge in [0.1, 0.15) is 6.10 Å². The summed E-state index contributed by atoms with van der Waals surface area (Å²) < 4.78 is 5.00. The molecule has 0 aliphatic carbocycles. The van der Waals surface area contributed by atoms with Gasteiger partial charge in [0, 0.05) is 6.61 Å². The van der Waals surface area contributed by atoms with E-state index in [9.17, 15) is 0 Å². The van der Waals surface area contributed by atoms with Crippen LogP contribution in [-0.2, 0) is 4.74 Å². The van der Waals surface area contributed by atoms with Gasteiger partial charge in [-0.15, -0.1) is 0 Å². The van der Waals surface area contributed by atoms with Gasteiger partial charge in [-0.2, -0.15) is 0 Å². The lowest BCUT2D eigenvalue weighted by Crippen LogP contribution is -2.23. The molecule has 0 rings (SSSR count). The van der Waals surface area contributed by atoms with Crippen LogP contribution in [0.5, 0.6) is 0 Å². The van der Waals surface area contributed by atoms with Crippen LogP contribution in [0.4, 0.5) is 0 Å². The van der Waals surface area contributed by atoms with E-state index in [2.05, 4.69) is 0 Å². The largest absolute Gasteiger partial charge is 0.394 e. The van der Waals surface area contributed by atoms with Crippen molar-refractivity contribution >= 4 is 0 Å². The number of aliphatic hydroxyl groups excluding tert-OH is 2. The SMILES string of the molecule is NCCCOC(CO)CO. The second-order valence-electron chi connectivity index (χ2n) is 2.00. The fourth-order valence-corrected chi connectivity index (χ4v) is 0.496. The average Bonchev–Trinajstić information content (AvgIpc) is 1.99. The minimum absolute atomic E-state index is 0.138. The second-order valence-corrected chi connectivity index (χ2v) is 2.00. The summed E-state index contributed by atoms with van der Waals surface area (Å²) in [6.45, 7) is 0.800. The standard InChI is InChI=1S/C6H15NO3/c7-2-1-3-10-6(4-8)5-9/h6,8-9H,1-5,7H2. The van der Waals surface area contributed by atoms with Crippen LogP contribution in [0, 0.1) is 0 Å². The van der Waals surface area contributed by atoms with Crippen LogP contribution in [0.15, 0.2) is 0 Å². The first-order valence-electron chi connectivity index (χ1n) is 3.38. The molecule has 0 saturated heterocycles.